The highest BCUT2D eigenvalue weighted by atomic mass is 35.5. The van der Waals surface area contributed by atoms with Crippen LogP contribution in [0.25, 0.3) is 21.5 Å². The summed E-state index contributed by atoms with van der Waals surface area (Å²) in [7, 11) is 1.83. The van der Waals surface area contributed by atoms with Gasteiger partial charge in [-0.2, -0.15) is 0 Å². The molecule has 0 unspecified atom stereocenters. The van der Waals surface area contributed by atoms with Gasteiger partial charge in [-0.3, -0.25) is 4.79 Å². The number of halogens is 2. The van der Waals surface area contributed by atoms with Crippen LogP contribution in [0.3, 0.4) is 0 Å². The molecule has 7 heteroatoms. The predicted molar refractivity (Wildman–Crippen MR) is 119 cm³/mol. The molecule has 2 N–H and O–H groups in total. The molecule has 0 aliphatic heterocycles. The molecule has 1 amide bonds. The molecule has 2 heterocycles. The van der Waals surface area contributed by atoms with E-state index < -0.39 is 0 Å². The van der Waals surface area contributed by atoms with Crippen molar-refractivity contribution < 1.29 is 4.79 Å². The summed E-state index contributed by atoms with van der Waals surface area (Å²) in [4.78, 5) is 20.7. The zero-order valence-corrected chi connectivity index (χ0v) is 18.1. The molecule has 0 atom stereocenters. The molecule has 3 rings (SSSR count). The van der Waals surface area contributed by atoms with Crippen molar-refractivity contribution >= 4 is 53.0 Å². The maximum Gasteiger partial charge on any atom is 0.254 e. The van der Waals surface area contributed by atoms with Gasteiger partial charge in [-0.1, -0.05) is 38.1 Å². The number of carbonyl (C=O) groups is 1. The fourth-order valence-electron chi connectivity index (χ4n) is 2.89. The summed E-state index contributed by atoms with van der Waals surface area (Å²) < 4.78 is 0. The van der Waals surface area contributed by atoms with Gasteiger partial charge in [-0.05, 0) is 35.5 Å². The van der Waals surface area contributed by atoms with Crippen molar-refractivity contribution in [1.82, 2.24) is 9.88 Å². The van der Waals surface area contributed by atoms with E-state index >= 15 is 0 Å². The second kappa shape index (κ2) is 9.51. The van der Waals surface area contributed by atoms with Crippen molar-refractivity contribution in [1.29, 1.82) is 0 Å². The number of aromatic nitrogens is 1. The highest BCUT2D eigenvalue weighted by molar-refractivity contribution is 7.13. The SMILES string of the molecule is CN(CC(C)(C)CN)C(=O)c1cc(-c2cccs2)nc2ccccc12.Cl.Cl. The van der Waals surface area contributed by atoms with E-state index in [-0.39, 0.29) is 36.1 Å². The average Bonchev–Trinajstić information content (AvgIpc) is 3.14. The van der Waals surface area contributed by atoms with Gasteiger partial charge in [0.2, 0.25) is 0 Å². The third-order valence-corrected chi connectivity index (χ3v) is 5.18. The van der Waals surface area contributed by atoms with E-state index in [4.69, 9.17) is 10.7 Å². The zero-order valence-electron chi connectivity index (χ0n) is 15.6. The van der Waals surface area contributed by atoms with Gasteiger partial charge in [0, 0.05) is 19.0 Å². The maximum atomic E-state index is 13.1. The fraction of sp³-hybridized carbons (Fsp3) is 0.300. The quantitative estimate of drug-likeness (QED) is 0.634. The van der Waals surface area contributed by atoms with Crippen LogP contribution in [0.5, 0.6) is 0 Å². The molecule has 4 nitrogen and oxygen atoms in total. The van der Waals surface area contributed by atoms with Gasteiger partial charge in [-0.15, -0.1) is 36.2 Å². The van der Waals surface area contributed by atoms with Crippen LogP contribution in [0, 0.1) is 5.41 Å². The summed E-state index contributed by atoms with van der Waals surface area (Å²) in [6, 6.07) is 13.7. The van der Waals surface area contributed by atoms with Crippen LogP contribution in [0.15, 0.2) is 47.8 Å². The van der Waals surface area contributed by atoms with Crippen molar-refractivity contribution in [2.24, 2.45) is 11.1 Å². The van der Waals surface area contributed by atoms with Crippen molar-refractivity contribution in [2.45, 2.75) is 13.8 Å². The van der Waals surface area contributed by atoms with E-state index in [9.17, 15) is 4.79 Å². The van der Waals surface area contributed by atoms with Crippen LogP contribution < -0.4 is 5.73 Å². The highest BCUT2D eigenvalue weighted by Crippen LogP contribution is 2.28. The van der Waals surface area contributed by atoms with Crippen molar-refractivity contribution in [3.8, 4) is 10.6 Å². The Morgan fingerprint density at radius 2 is 1.89 bits per heavy atom. The van der Waals surface area contributed by atoms with E-state index in [1.807, 2.05) is 54.9 Å². The highest BCUT2D eigenvalue weighted by Gasteiger charge is 2.23. The predicted octanol–water partition coefficient (Wildman–Crippen LogP) is 4.86. The molecule has 0 bridgehead atoms. The number of thiophene rings is 1. The number of carbonyl (C=O) groups excluding carboxylic acids is 1. The number of fused-ring (bicyclic) bond motifs is 1. The lowest BCUT2D eigenvalue weighted by atomic mass is 9.93. The van der Waals surface area contributed by atoms with Gasteiger partial charge in [0.05, 0.1) is 21.7 Å². The van der Waals surface area contributed by atoms with Crippen LogP contribution in [0.1, 0.15) is 24.2 Å². The Morgan fingerprint density at radius 3 is 2.52 bits per heavy atom. The lowest BCUT2D eigenvalue weighted by Crippen LogP contribution is -2.39. The van der Waals surface area contributed by atoms with E-state index in [2.05, 4.69) is 13.8 Å². The Balaban J connectivity index is 0.00000182. The van der Waals surface area contributed by atoms with Crippen LogP contribution in [0.4, 0.5) is 0 Å². The van der Waals surface area contributed by atoms with Crippen molar-refractivity contribution in [3.05, 3.63) is 53.4 Å². The first-order valence-corrected chi connectivity index (χ1v) is 9.18. The minimum absolute atomic E-state index is 0. The van der Waals surface area contributed by atoms with Gasteiger partial charge in [0.15, 0.2) is 0 Å². The summed E-state index contributed by atoms with van der Waals surface area (Å²) in [5, 5.41) is 2.90. The topological polar surface area (TPSA) is 59.2 Å². The normalized spacial score (nSPS) is 10.8. The molecule has 3 aromatic rings. The van der Waals surface area contributed by atoms with Crippen LogP contribution >= 0.6 is 36.2 Å². The standard InChI is InChI=1S/C20H23N3OS.2ClH/c1-20(2,12-21)13-23(3)19(24)15-11-17(18-9-6-10-25-18)22-16-8-5-4-7-14(15)16;;/h4-11H,12-13,21H2,1-3H3;2*1H. The molecule has 0 saturated carbocycles. The number of nitrogens with two attached hydrogens (primary N) is 1. The molecule has 0 aliphatic rings. The van der Waals surface area contributed by atoms with Crippen LogP contribution in [0.2, 0.25) is 0 Å². The lowest BCUT2D eigenvalue weighted by molar-refractivity contribution is 0.0742. The maximum absolute atomic E-state index is 13.1. The summed E-state index contributed by atoms with van der Waals surface area (Å²) in [5.74, 6) is -0.00192. The third-order valence-electron chi connectivity index (χ3n) is 4.28. The molecule has 2 aromatic heterocycles. The van der Waals surface area contributed by atoms with Gasteiger partial charge in [0.1, 0.15) is 0 Å². The first-order chi connectivity index (χ1) is 11.9. The Hall–Kier alpha value is -1.66. The van der Waals surface area contributed by atoms with Crippen LogP contribution in [-0.2, 0) is 0 Å². The number of hydrogen-bond donors (Lipinski definition) is 1. The Morgan fingerprint density at radius 1 is 1.19 bits per heavy atom. The van der Waals surface area contributed by atoms with Crippen LogP contribution in [-0.4, -0.2) is 35.9 Å². The lowest BCUT2D eigenvalue weighted by Gasteiger charge is -2.29. The number of amides is 1. The smallest absolute Gasteiger partial charge is 0.254 e. The summed E-state index contributed by atoms with van der Waals surface area (Å²) in [6.45, 7) is 5.27. The number of pyridine rings is 1. The number of hydrogen-bond acceptors (Lipinski definition) is 4. The number of nitrogens with zero attached hydrogens (tertiary/aromatic N) is 2. The van der Waals surface area contributed by atoms with Gasteiger partial charge in [-0.25, -0.2) is 4.98 Å². The molecule has 0 spiro atoms. The van der Waals surface area contributed by atoms with Gasteiger partial charge >= 0.3 is 0 Å². The summed E-state index contributed by atoms with van der Waals surface area (Å²) in [6.07, 6.45) is 0. The number of rotatable bonds is 5. The Kier molecular flexibility index (Phi) is 8.23. The van der Waals surface area contributed by atoms with Crippen molar-refractivity contribution in [2.75, 3.05) is 20.1 Å². The number of benzene rings is 1. The largest absolute Gasteiger partial charge is 0.341 e. The van der Waals surface area contributed by atoms with Crippen molar-refractivity contribution in [3.63, 3.8) is 0 Å². The minimum Gasteiger partial charge on any atom is -0.341 e. The van der Waals surface area contributed by atoms with E-state index in [0.29, 0.717) is 18.7 Å². The number of para-hydroxylation sites is 1. The van der Waals surface area contributed by atoms with E-state index in [1.165, 1.54) is 0 Å². The summed E-state index contributed by atoms with van der Waals surface area (Å²) >= 11 is 1.62. The third kappa shape index (κ3) is 5.20. The van der Waals surface area contributed by atoms with E-state index in [0.717, 1.165) is 21.5 Å². The molecule has 27 heavy (non-hydrogen) atoms. The Bertz CT molecular complexity index is 897. The second-order valence-electron chi connectivity index (χ2n) is 7.08. The fourth-order valence-corrected chi connectivity index (χ4v) is 3.57. The Labute approximate surface area is 176 Å². The molecule has 0 saturated heterocycles. The molecule has 0 radical (unpaired) electrons. The first kappa shape index (κ1) is 23.4. The minimum atomic E-state index is -0.121. The monoisotopic (exact) mass is 425 g/mol. The van der Waals surface area contributed by atoms with Gasteiger partial charge in [0.25, 0.3) is 5.91 Å². The second-order valence-corrected chi connectivity index (χ2v) is 8.03. The van der Waals surface area contributed by atoms with Gasteiger partial charge < -0.3 is 10.6 Å². The molecular formula is C20H25Cl2N3OS. The summed E-state index contributed by atoms with van der Waals surface area (Å²) in [5.41, 5.74) is 8.06. The molecule has 1 aromatic carbocycles. The van der Waals surface area contributed by atoms with E-state index in [1.54, 1.807) is 16.2 Å². The average molecular weight is 426 g/mol. The molecule has 0 fully saturated rings. The first-order valence-electron chi connectivity index (χ1n) is 8.30. The molecular weight excluding hydrogens is 401 g/mol. The zero-order chi connectivity index (χ0) is 18.0. The molecule has 146 valence electrons. The molecule has 0 aliphatic carbocycles.